The maximum absolute atomic E-state index is 13.2. The number of methoxy groups -OCH3 is 1. The summed E-state index contributed by atoms with van der Waals surface area (Å²) in [6.07, 6.45) is 4.38. The summed E-state index contributed by atoms with van der Waals surface area (Å²) in [7, 11) is -2.35. The highest BCUT2D eigenvalue weighted by atomic mass is 32.2. The molecule has 1 aliphatic rings. The second-order valence-corrected chi connectivity index (χ2v) is 8.61. The van der Waals surface area contributed by atoms with Gasteiger partial charge in [-0.15, -0.1) is 0 Å². The van der Waals surface area contributed by atoms with E-state index in [1.54, 1.807) is 6.92 Å². The van der Waals surface area contributed by atoms with Gasteiger partial charge >= 0.3 is 0 Å². The van der Waals surface area contributed by atoms with Crippen LogP contribution in [0.4, 0.5) is 4.39 Å². The minimum absolute atomic E-state index is 0.00205. The second-order valence-electron chi connectivity index (χ2n) is 6.72. The molecule has 0 unspecified atom stereocenters. The molecule has 0 bridgehead atoms. The molecular formula is C18H27FN2O4S. The summed E-state index contributed by atoms with van der Waals surface area (Å²) in [4.78, 5) is 12.4. The highest BCUT2D eigenvalue weighted by Crippen LogP contribution is 2.27. The minimum Gasteiger partial charge on any atom is -0.383 e. The van der Waals surface area contributed by atoms with Crippen LogP contribution in [-0.2, 0) is 19.6 Å². The fraction of sp³-hybridized carbons (Fsp3) is 0.611. The van der Waals surface area contributed by atoms with Crippen LogP contribution in [0.15, 0.2) is 29.2 Å². The highest BCUT2D eigenvalue weighted by Gasteiger charge is 2.34. The average molecular weight is 386 g/mol. The molecule has 0 saturated heterocycles. The molecule has 26 heavy (non-hydrogen) atoms. The Morgan fingerprint density at radius 3 is 2.46 bits per heavy atom. The lowest BCUT2D eigenvalue weighted by molar-refractivity contribution is -0.122. The van der Waals surface area contributed by atoms with E-state index in [0.717, 1.165) is 44.2 Å². The van der Waals surface area contributed by atoms with Gasteiger partial charge in [0.05, 0.1) is 18.0 Å². The van der Waals surface area contributed by atoms with E-state index >= 15 is 0 Å². The average Bonchev–Trinajstić information content (AvgIpc) is 2.61. The molecule has 1 aromatic rings. The Morgan fingerprint density at radius 1 is 1.27 bits per heavy atom. The first-order chi connectivity index (χ1) is 12.3. The summed E-state index contributed by atoms with van der Waals surface area (Å²) in [5.41, 5.74) is 0. The lowest BCUT2D eigenvalue weighted by atomic mass is 9.95. The highest BCUT2D eigenvalue weighted by molar-refractivity contribution is 7.89. The zero-order valence-corrected chi connectivity index (χ0v) is 16.1. The van der Waals surface area contributed by atoms with E-state index in [1.807, 2.05) is 0 Å². The van der Waals surface area contributed by atoms with Gasteiger partial charge < -0.3 is 10.1 Å². The number of nitrogens with one attached hydrogen (secondary N) is 1. The van der Waals surface area contributed by atoms with Gasteiger partial charge in [-0.3, -0.25) is 4.79 Å². The molecule has 0 spiro atoms. The predicted octanol–water partition coefficient (Wildman–Crippen LogP) is 2.30. The van der Waals surface area contributed by atoms with Gasteiger partial charge in [0.2, 0.25) is 15.9 Å². The van der Waals surface area contributed by atoms with E-state index in [-0.39, 0.29) is 29.4 Å². The third kappa shape index (κ3) is 5.49. The molecule has 8 heteroatoms. The Labute approximate surface area is 154 Å². The zero-order chi connectivity index (χ0) is 19.2. The summed E-state index contributed by atoms with van der Waals surface area (Å²) in [6.45, 7) is 1.89. The normalized spacial score (nSPS) is 17.2. The number of amides is 1. The Kier molecular flexibility index (Phi) is 7.55. The molecule has 1 aromatic carbocycles. The number of nitrogens with zero attached hydrogens (tertiary/aromatic N) is 1. The maximum Gasteiger partial charge on any atom is 0.243 e. The molecule has 0 aromatic heterocycles. The van der Waals surface area contributed by atoms with Gasteiger partial charge in [0.25, 0.3) is 0 Å². The minimum atomic E-state index is -3.89. The molecule has 1 amide bonds. The number of ether oxygens (including phenoxy) is 1. The summed E-state index contributed by atoms with van der Waals surface area (Å²) in [5, 5.41) is 2.75. The van der Waals surface area contributed by atoms with Crippen molar-refractivity contribution in [2.24, 2.45) is 0 Å². The second kappa shape index (κ2) is 9.43. The largest absolute Gasteiger partial charge is 0.383 e. The van der Waals surface area contributed by atoms with Crippen LogP contribution >= 0.6 is 0 Å². The lowest BCUT2D eigenvalue weighted by Crippen LogP contribution is -2.49. The molecule has 0 aliphatic heterocycles. The summed E-state index contributed by atoms with van der Waals surface area (Å²) >= 11 is 0. The first-order valence-electron chi connectivity index (χ1n) is 8.90. The van der Waals surface area contributed by atoms with Crippen molar-refractivity contribution in [2.75, 3.05) is 20.3 Å². The summed E-state index contributed by atoms with van der Waals surface area (Å²) < 4.78 is 45.6. The van der Waals surface area contributed by atoms with Gasteiger partial charge in [-0.1, -0.05) is 19.3 Å². The van der Waals surface area contributed by atoms with Crippen LogP contribution in [0.2, 0.25) is 0 Å². The van der Waals surface area contributed by atoms with Crippen LogP contribution < -0.4 is 5.32 Å². The van der Waals surface area contributed by atoms with Crippen molar-refractivity contribution in [3.8, 4) is 0 Å². The van der Waals surface area contributed by atoms with Crippen LogP contribution in [0.25, 0.3) is 0 Å². The number of carbonyl (C=O) groups excluding carboxylic acids is 1. The lowest BCUT2D eigenvalue weighted by Gasteiger charge is -2.33. The number of rotatable bonds is 8. The topological polar surface area (TPSA) is 75.7 Å². The molecule has 146 valence electrons. The summed E-state index contributed by atoms with van der Waals surface area (Å²) in [5.74, 6) is -0.870. The van der Waals surface area contributed by atoms with E-state index in [1.165, 1.54) is 23.5 Å². The first-order valence-corrected chi connectivity index (χ1v) is 10.3. The Hall–Kier alpha value is -1.51. The fourth-order valence-corrected chi connectivity index (χ4v) is 4.92. The van der Waals surface area contributed by atoms with E-state index in [2.05, 4.69) is 5.32 Å². The van der Waals surface area contributed by atoms with Crippen molar-refractivity contribution in [3.63, 3.8) is 0 Å². The predicted molar refractivity (Wildman–Crippen MR) is 96.6 cm³/mol. The molecule has 1 atom stereocenters. The Bertz CT molecular complexity index is 688. The molecule has 0 radical (unpaired) electrons. The van der Waals surface area contributed by atoms with Crippen molar-refractivity contribution in [3.05, 3.63) is 30.1 Å². The number of sulfonamides is 1. The molecule has 2 rings (SSSR count). The van der Waals surface area contributed by atoms with Crippen LogP contribution in [0.5, 0.6) is 0 Å². The third-order valence-electron chi connectivity index (χ3n) is 4.53. The molecular weight excluding hydrogens is 359 g/mol. The van der Waals surface area contributed by atoms with Crippen molar-refractivity contribution in [1.82, 2.24) is 9.62 Å². The van der Waals surface area contributed by atoms with Crippen LogP contribution in [-0.4, -0.2) is 51.0 Å². The number of hydrogen-bond donors (Lipinski definition) is 1. The number of hydrogen-bond acceptors (Lipinski definition) is 4. The molecule has 1 aliphatic carbocycles. The molecule has 1 N–H and O–H groups in total. The van der Waals surface area contributed by atoms with Gasteiger partial charge in [-0.05, 0) is 44.0 Å². The standard InChI is InChI=1S/C18H27FN2O4S/c1-14(13-25-2)20-18(22)12-21(16-6-4-3-5-7-16)26(23,24)17-10-8-15(19)9-11-17/h8-11,14,16H,3-7,12-13H2,1-2H3,(H,20,22)/t14-/m1/s1. The summed E-state index contributed by atoms with van der Waals surface area (Å²) in [6, 6.07) is 4.29. The van der Waals surface area contributed by atoms with E-state index in [9.17, 15) is 17.6 Å². The Balaban J connectivity index is 2.22. The van der Waals surface area contributed by atoms with Crippen LogP contribution in [0.3, 0.4) is 0 Å². The van der Waals surface area contributed by atoms with Crippen LogP contribution in [0, 0.1) is 5.82 Å². The fourth-order valence-electron chi connectivity index (χ4n) is 3.27. The quantitative estimate of drug-likeness (QED) is 0.744. The van der Waals surface area contributed by atoms with E-state index < -0.39 is 15.8 Å². The van der Waals surface area contributed by atoms with Crippen LogP contribution in [0.1, 0.15) is 39.0 Å². The van der Waals surface area contributed by atoms with E-state index in [0.29, 0.717) is 6.61 Å². The SMILES string of the molecule is COC[C@@H](C)NC(=O)CN(C1CCCCC1)S(=O)(=O)c1ccc(F)cc1. The van der Waals surface area contributed by atoms with Crippen molar-refractivity contribution in [1.29, 1.82) is 0 Å². The van der Waals surface area contributed by atoms with Gasteiger partial charge in [0, 0.05) is 19.2 Å². The molecule has 0 heterocycles. The Morgan fingerprint density at radius 2 is 1.88 bits per heavy atom. The number of halogens is 1. The molecule has 6 nitrogen and oxygen atoms in total. The number of benzene rings is 1. The van der Waals surface area contributed by atoms with E-state index in [4.69, 9.17) is 4.74 Å². The molecule has 1 saturated carbocycles. The zero-order valence-electron chi connectivity index (χ0n) is 15.3. The molecule has 1 fully saturated rings. The smallest absolute Gasteiger partial charge is 0.243 e. The van der Waals surface area contributed by atoms with Gasteiger partial charge in [-0.2, -0.15) is 4.31 Å². The van der Waals surface area contributed by atoms with Crippen molar-refractivity contribution >= 4 is 15.9 Å². The maximum atomic E-state index is 13.2. The third-order valence-corrected chi connectivity index (χ3v) is 6.44. The van der Waals surface area contributed by atoms with Gasteiger partial charge in [0.15, 0.2) is 0 Å². The first kappa shape index (κ1) is 20.8. The monoisotopic (exact) mass is 386 g/mol. The van der Waals surface area contributed by atoms with Crippen molar-refractivity contribution in [2.45, 2.75) is 56.0 Å². The van der Waals surface area contributed by atoms with Crippen molar-refractivity contribution < 1.29 is 22.3 Å². The van der Waals surface area contributed by atoms with Gasteiger partial charge in [-0.25, -0.2) is 12.8 Å². The number of carbonyl (C=O) groups is 1. The van der Waals surface area contributed by atoms with Gasteiger partial charge in [0.1, 0.15) is 5.82 Å².